The summed E-state index contributed by atoms with van der Waals surface area (Å²) in [4.78, 5) is 14.1. The summed E-state index contributed by atoms with van der Waals surface area (Å²) < 4.78 is 7.38. The Hall–Kier alpha value is -1.82. The number of piperidine rings is 1. The molecule has 1 amide bonds. The van der Waals surface area contributed by atoms with Gasteiger partial charge >= 0.3 is 6.09 Å². The minimum Gasteiger partial charge on any atom is -0.444 e. The normalized spacial score (nSPS) is 18.8. The van der Waals surface area contributed by atoms with Gasteiger partial charge < -0.3 is 9.64 Å². The number of aromatic nitrogens is 3. The lowest BCUT2D eigenvalue weighted by Gasteiger charge is -2.34. The van der Waals surface area contributed by atoms with E-state index in [0.717, 1.165) is 37.0 Å². The second kappa shape index (κ2) is 6.59. The molecule has 6 nitrogen and oxygen atoms in total. The van der Waals surface area contributed by atoms with Gasteiger partial charge in [-0.05, 0) is 57.7 Å². The molecule has 2 aromatic rings. The molecule has 0 saturated carbocycles. The highest BCUT2D eigenvalue weighted by atomic mass is 35.5. The molecule has 1 atom stereocenters. The van der Waals surface area contributed by atoms with Crippen molar-refractivity contribution in [1.82, 2.24) is 19.9 Å². The molecule has 2 heterocycles. The van der Waals surface area contributed by atoms with E-state index in [1.807, 2.05) is 43.7 Å². The molecule has 0 spiro atoms. The number of hydrogen-bond donors (Lipinski definition) is 0. The van der Waals surface area contributed by atoms with Crippen LogP contribution in [0.1, 0.15) is 33.6 Å². The van der Waals surface area contributed by atoms with Crippen molar-refractivity contribution < 1.29 is 9.53 Å². The molecular formula is C17H23ClN4O2. The smallest absolute Gasteiger partial charge is 0.410 e. The Morgan fingerprint density at radius 2 is 2.21 bits per heavy atom. The van der Waals surface area contributed by atoms with Crippen LogP contribution in [0.5, 0.6) is 0 Å². The van der Waals surface area contributed by atoms with Crippen LogP contribution in [0.15, 0.2) is 18.2 Å². The first-order valence-electron chi connectivity index (χ1n) is 8.28. The molecule has 130 valence electrons. The molecule has 0 radical (unpaired) electrons. The number of carbonyl (C=O) groups is 1. The van der Waals surface area contributed by atoms with E-state index in [9.17, 15) is 4.79 Å². The lowest BCUT2D eigenvalue weighted by Crippen LogP contribution is -2.43. The van der Waals surface area contributed by atoms with Crippen molar-refractivity contribution in [2.45, 2.75) is 45.8 Å². The van der Waals surface area contributed by atoms with Crippen LogP contribution in [0.4, 0.5) is 4.79 Å². The number of rotatable bonds is 2. The fraction of sp³-hybridized carbons (Fsp3) is 0.588. The fourth-order valence-electron chi connectivity index (χ4n) is 3.03. The number of carbonyl (C=O) groups excluding carboxylic acids is 1. The molecule has 7 heteroatoms. The van der Waals surface area contributed by atoms with Crippen molar-refractivity contribution in [3.8, 4) is 0 Å². The van der Waals surface area contributed by atoms with Crippen LogP contribution in [-0.4, -0.2) is 44.7 Å². The van der Waals surface area contributed by atoms with E-state index >= 15 is 0 Å². The summed E-state index contributed by atoms with van der Waals surface area (Å²) in [7, 11) is 0. The number of ether oxygens (including phenoxy) is 1. The molecule has 3 rings (SSSR count). The first kappa shape index (κ1) is 17.0. The maximum absolute atomic E-state index is 12.3. The highest BCUT2D eigenvalue weighted by molar-refractivity contribution is 6.31. The summed E-state index contributed by atoms with van der Waals surface area (Å²) in [5.41, 5.74) is 1.29. The quantitative estimate of drug-likeness (QED) is 0.828. The Bertz CT molecular complexity index is 738. The van der Waals surface area contributed by atoms with Crippen molar-refractivity contribution in [3.63, 3.8) is 0 Å². The van der Waals surface area contributed by atoms with E-state index in [1.165, 1.54) is 0 Å². The number of likely N-dealkylation sites (tertiary alicyclic amines) is 1. The standard InChI is InChI=1S/C17H23ClN4O2/c1-17(2,3)24-16(23)21-8-4-5-12(10-21)11-22-15-7-6-13(18)9-14(15)19-20-22/h6-7,9,12H,4-5,8,10-11H2,1-3H3. The van der Waals surface area contributed by atoms with Gasteiger partial charge in [0.1, 0.15) is 11.1 Å². The zero-order valence-electron chi connectivity index (χ0n) is 14.3. The molecule has 0 N–H and O–H groups in total. The molecule has 1 aromatic heterocycles. The van der Waals surface area contributed by atoms with E-state index in [1.54, 1.807) is 4.90 Å². The topological polar surface area (TPSA) is 60.2 Å². The molecule has 1 unspecified atom stereocenters. The number of amides is 1. The number of benzene rings is 1. The molecule has 1 saturated heterocycles. The van der Waals surface area contributed by atoms with Crippen molar-refractivity contribution in [2.24, 2.45) is 5.92 Å². The van der Waals surface area contributed by atoms with Gasteiger partial charge in [-0.3, -0.25) is 0 Å². The Morgan fingerprint density at radius 1 is 1.42 bits per heavy atom. The van der Waals surface area contributed by atoms with E-state index in [4.69, 9.17) is 16.3 Å². The fourth-order valence-corrected chi connectivity index (χ4v) is 3.20. The highest BCUT2D eigenvalue weighted by Crippen LogP contribution is 2.23. The van der Waals surface area contributed by atoms with Gasteiger partial charge in [0, 0.05) is 24.7 Å². The summed E-state index contributed by atoms with van der Waals surface area (Å²) in [6, 6.07) is 5.60. The van der Waals surface area contributed by atoms with E-state index in [0.29, 0.717) is 17.5 Å². The molecule has 1 fully saturated rings. The number of halogens is 1. The highest BCUT2D eigenvalue weighted by Gasteiger charge is 2.28. The molecule has 1 aliphatic heterocycles. The summed E-state index contributed by atoms with van der Waals surface area (Å²) in [5.74, 6) is 0.340. The summed E-state index contributed by atoms with van der Waals surface area (Å²) in [6.07, 6.45) is 1.80. The maximum Gasteiger partial charge on any atom is 0.410 e. The molecule has 1 aliphatic rings. The average Bonchev–Trinajstić information content (AvgIpc) is 2.88. The van der Waals surface area contributed by atoms with Gasteiger partial charge in [-0.25, -0.2) is 9.48 Å². The maximum atomic E-state index is 12.3. The third kappa shape index (κ3) is 3.98. The third-order valence-electron chi connectivity index (χ3n) is 4.08. The van der Waals surface area contributed by atoms with Crippen LogP contribution in [0.3, 0.4) is 0 Å². The first-order valence-corrected chi connectivity index (χ1v) is 8.66. The van der Waals surface area contributed by atoms with Gasteiger partial charge in [0.05, 0.1) is 5.52 Å². The second-order valence-electron chi connectivity index (χ2n) is 7.34. The Kier molecular flexibility index (Phi) is 4.67. The number of nitrogens with zero attached hydrogens (tertiary/aromatic N) is 4. The Balaban J connectivity index is 1.67. The largest absolute Gasteiger partial charge is 0.444 e. The van der Waals surface area contributed by atoms with Gasteiger partial charge in [-0.1, -0.05) is 16.8 Å². The van der Waals surface area contributed by atoms with Crippen molar-refractivity contribution in [3.05, 3.63) is 23.2 Å². The predicted octanol–water partition coefficient (Wildman–Crippen LogP) is 3.73. The Morgan fingerprint density at radius 3 is 2.96 bits per heavy atom. The minimum atomic E-state index is -0.467. The monoisotopic (exact) mass is 350 g/mol. The SMILES string of the molecule is CC(C)(C)OC(=O)N1CCCC(Cn2nnc3cc(Cl)ccc32)C1. The number of fused-ring (bicyclic) bond motifs is 1. The number of hydrogen-bond acceptors (Lipinski definition) is 4. The molecule has 0 aliphatic carbocycles. The van der Waals surface area contributed by atoms with Gasteiger partial charge in [0.15, 0.2) is 0 Å². The third-order valence-corrected chi connectivity index (χ3v) is 4.31. The van der Waals surface area contributed by atoms with E-state index < -0.39 is 5.60 Å². The predicted molar refractivity (Wildman–Crippen MR) is 93.1 cm³/mol. The van der Waals surface area contributed by atoms with Crippen LogP contribution in [-0.2, 0) is 11.3 Å². The van der Waals surface area contributed by atoms with Gasteiger partial charge in [0.2, 0.25) is 0 Å². The summed E-state index contributed by atoms with van der Waals surface area (Å²) in [5, 5.41) is 9.06. The zero-order valence-corrected chi connectivity index (χ0v) is 15.1. The average molecular weight is 351 g/mol. The molecule has 24 heavy (non-hydrogen) atoms. The van der Waals surface area contributed by atoms with Crippen LogP contribution in [0.2, 0.25) is 5.02 Å². The van der Waals surface area contributed by atoms with Crippen LogP contribution in [0, 0.1) is 5.92 Å². The Labute approximate surface area is 146 Å². The van der Waals surface area contributed by atoms with Gasteiger partial charge in [-0.15, -0.1) is 5.10 Å². The molecular weight excluding hydrogens is 328 g/mol. The first-order chi connectivity index (χ1) is 11.3. The molecule has 1 aromatic carbocycles. The molecule has 0 bridgehead atoms. The van der Waals surface area contributed by atoms with Crippen molar-refractivity contribution >= 4 is 28.7 Å². The lowest BCUT2D eigenvalue weighted by molar-refractivity contribution is 0.0156. The summed E-state index contributed by atoms with van der Waals surface area (Å²) in [6.45, 7) is 7.83. The van der Waals surface area contributed by atoms with Crippen LogP contribution < -0.4 is 0 Å². The van der Waals surface area contributed by atoms with Crippen molar-refractivity contribution in [2.75, 3.05) is 13.1 Å². The summed E-state index contributed by atoms with van der Waals surface area (Å²) >= 11 is 5.99. The van der Waals surface area contributed by atoms with E-state index in [-0.39, 0.29) is 6.09 Å². The van der Waals surface area contributed by atoms with Crippen LogP contribution in [0.25, 0.3) is 11.0 Å². The van der Waals surface area contributed by atoms with E-state index in [2.05, 4.69) is 10.3 Å². The minimum absolute atomic E-state index is 0.234. The van der Waals surface area contributed by atoms with Gasteiger partial charge in [0.25, 0.3) is 0 Å². The van der Waals surface area contributed by atoms with Gasteiger partial charge in [-0.2, -0.15) is 0 Å². The van der Waals surface area contributed by atoms with Crippen LogP contribution >= 0.6 is 11.6 Å². The zero-order chi connectivity index (χ0) is 17.3. The van der Waals surface area contributed by atoms with Crippen molar-refractivity contribution in [1.29, 1.82) is 0 Å². The second-order valence-corrected chi connectivity index (χ2v) is 7.78. The lowest BCUT2D eigenvalue weighted by atomic mass is 9.98.